The fourth-order valence-corrected chi connectivity index (χ4v) is 1.39. The number of nitrogens with zero attached hydrogens (tertiary/aromatic N) is 4. The van der Waals surface area contributed by atoms with Crippen LogP contribution in [0.2, 0.25) is 0 Å². The quantitative estimate of drug-likeness (QED) is 0.144. The summed E-state index contributed by atoms with van der Waals surface area (Å²) in [5, 5.41) is 31.2. The average molecular weight is 352 g/mol. The Morgan fingerprint density at radius 2 is 2.24 bits per heavy atom. The molecule has 0 spiro atoms. The van der Waals surface area contributed by atoms with Gasteiger partial charge in [0.25, 0.3) is 5.91 Å². The standard InChI is InChI=1S/C13H20N8O4/c1-13(2,3)25-12(23)16-9(5-4-6-14-7-8-15-24)10(22)17-11-18-20-21-19-11/h8-9,14,24H,6-7H2,1-3H3,(H,16,23)(H2,17,18,19,20,21,22)/b15-8+. The normalized spacial score (nSPS) is 12.1. The van der Waals surface area contributed by atoms with Crippen LogP contribution < -0.4 is 16.0 Å². The molecule has 0 radical (unpaired) electrons. The molecular weight excluding hydrogens is 332 g/mol. The van der Waals surface area contributed by atoms with Crippen molar-refractivity contribution in [3.8, 4) is 11.8 Å². The van der Waals surface area contributed by atoms with Crippen LogP contribution >= 0.6 is 0 Å². The number of hydrogen-bond donors (Lipinski definition) is 5. The molecule has 1 heterocycles. The van der Waals surface area contributed by atoms with Crippen molar-refractivity contribution < 1.29 is 19.5 Å². The number of amides is 2. The maximum atomic E-state index is 12.2. The Labute approximate surface area is 143 Å². The summed E-state index contributed by atoms with van der Waals surface area (Å²) < 4.78 is 5.11. The fraction of sp³-hybridized carbons (Fsp3) is 0.538. The summed E-state index contributed by atoms with van der Waals surface area (Å²) in [7, 11) is 0. The third kappa shape index (κ3) is 8.86. The van der Waals surface area contributed by atoms with Crippen molar-refractivity contribution in [1.82, 2.24) is 31.3 Å². The molecule has 1 atom stereocenters. The van der Waals surface area contributed by atoms with E-state index in [0.29, 0.717) is 6.54 Å². The molecule has 25 heavy (non-hydrogen) atoms. The number of anilines is 1. The molecule has 5 N–H and O–H groups in total. The van der Waals surface area contributed by atoms with E-state index in [1.165, 1.54) is 6.21 Å². The SMILES string of the molecule is CC(C)(C)OC(=O)NC(C#CCNC/C=N/O)C(=O)Nc1nnn[nH]1. The van der Waals surface area contributed by atoms with Crippen molar-refractivity contribution in [1.29, 1.82) is 0 Å². The summed E-state index contributed by atoms with van der Waals surface area (Å²) in [5.41, 5.74) is -0.724. The van der Waals surface area contributed by atoms with Crippen molar-refractivity contribution in [3.05, 3.63) is 0 Å². The van der Waals surface area contributed by atoms with Gasteiger partial charge in [0.15, 0.2) is 6.04 Å². The number of rotatable bonds is 6. The largest absolute Gasteiger partial charge is 0.444 e. The molecule has 0 aromatic carbocycles. The number of tetrazole rings is 1. The van der Waals surface area contributed by atoms with Gasteiger partial charge in [-0.2, -0.15) is 0 Å². The summed E-state index contributed by atoms with van der Waals surface area (Å²) in [5.74, 6) is 4.64. The lowest BCUT2D eigenvalue weighted by Crippen LogP contribution is -2.45. The van der Waals surface area contributed by atoms with Gasteiger partial charge in [-0.1, -0.05) is 16.9 Å². The molecule has 2 amide bonds. The van der Waals surface area contributed by atoms with Crippen LogP contribution in [0.15, 0.2) is 5.16 Å². The van der Waals surface area contributed by atoms with Gasteiger partial charge in [-0.05, 0) is 31.2 Å². The van der Waals surface area contributed by atoms with E-state index in [4.69, 9.17) is 9.94 Å². The minimum atomic E-state index is -1.19. The molecular formula is C13H20N8O4. The number of aromatic amines is 1. The van der Waals surface area contributed by atoms with Gasteiger partial charge < -0.3 is 15.3 Å². The zero-order valence-electron chi connectivity index (χ0n) is 14.0. The lowest BCUT2D eigenvalue weighted by atomic mass is 10.2. The molecule has 0 fully saturated rings. The first-order valence-corrected chi connectivity index (χ1v) is 7.21. The van der Waals surface area contributed by atoms with Crippen LogP contribution in [0.1, 0.15) is 20.8 Å². The number of carbonyl (C=O) groups excluding carboxylic acids is 2. The zero-order valence-corrected chi connectivity index (χ0v) is 14.0. The Hall–Kier alpha value is -3.20. The molecule has 0 aliphatic heterocycles. The smallest absolute Gasteiger partial charge is 0.409 e. The molecule has 136 valence electrons. The maximum Gasteiger partial charge on any atom is 0.409 e. The van der Waals surface area contributed by atoms with E-state index < -0.39 is 23.6 Å². The summed E-state index contributed by atoms with van der Waals surface area (Å²) in [4.78, 5) is 24.1. The minimum absolute atomic E-state index is 0.0140. The molecule has 0 saturated carbocycles. The van der Waals surface area contributed by atoms with Gasteiger partial charge in [0.1, 0.15) is 5.60 Å². The predicted octanol–water partition coefficient (Wildman–Crippen LogP) is -0.915. The van der Waals surface area contributed by atoms with Gasteiger partial charge >= 0.3 is 6.09 Å². The van der Waals surface area contributed by atoms with Crippen LogP contribution in [0.25, 0.3) is 0 Å². The highest BCUT2D eigenvalue weighted by molar-refractivity contribution is 5.97. The molecule has 1 rings (SSSR count). The van der Waals surface area contributed by atoms with Crippen LogP contribution in [0.4, 0.5) is 10.7 Å². The molecule has 0 bridgehead atoms. The molecule has 0 aliphatic rings. The maximum absolute atomic E-state index is 12.2. The minimum Gasteiger partial charge on any atom is -0.444 e. The Morgan fingerprint density at radius 3 is 2.84 bits per heavy atom. The average Bonchev–Trinajstić information content (AvgIpc) is 3.00. The third-order valence-corrected chi connectivity index (χ3v) is 2.29. The zero-order chi connectivity index (χ0) is 18.7. The van der Waals surface area contributed by atoms with Crippen LogP contribution in [0.3, 0.4) is 0 Å². The molecule has 12 nitrogen and oxygen atoms in total. The summed E-state index contributed by atoms with van der Waals surface area (Å²) >= 11 is 0. The molecule has 12 heteroatoms. The van der Waals surface area contributed by atoms with Crippen LogP contribution in [0, 0.1) is 11.8 Å². The second kappa shape index (κ2) is 9.83. The van der Waals surface area contributed by atoms with E-state index in [9.17, 15) is 9.59 Å². The number of carbonyl (C=O) groups is 2. The van der Waals surface area contributed by atoms with E-state index >= 15 is 0 Å². The summed E-state index contributed by atoms with van der Waals surface area (Å²) in [6.07, 6.45) is 0.444. The van der Waals surface area contributed by atoms with Gasteiger partial charge in [0.05, 0.1) is 12.8 Å². The van der Waals surface area contributed by atoms with Crippen LogP contribution in [-0.4, -0.2) is 68.8 Å². The van der Waals surface area contributed by atoms with Gasteiger partial charge in [-0.25, -0.2) is 9.89 Å². The number of ether oxygens (including phenoxy) is 1. The van der Waals surface area contributed by atoms with Crippen LogP contribution in [-0.2, 0) is 9.53 Å². The molecule has 1 aromatic heterocycles. The highest BCUT2D eigenvalue weighted by atomic mass is 16.6. The fourth-order valence-electron chi connectivity index (χ4n) is 1.39. The lowest BCUT2D eigenvalue weighted by molar-refractivity contribution is -0.117. The molecule has 1 aromatic rings. The van der Waals surface area contributed by atoms with Crippen molar-refractivity contribution in [2.75, 3.05) is 18.4 Å². The van der Waals surface area contributed by atoms with Gasteiger partial charge in [0, 0.05) is 6.54 Å². The predicted molar refractivity (Wildman–Crippen MR) is 86.9 cm³/mol. The summed E-state index contributed by atoms with van der Waals surface area (Å²) in [6, 6.07) is -1.19. The Balaban J connectivity index is 2.70. The lowest BCUT2D eigenvalue weighted by Gasteiger charge is -2.21. The molecule has 0 saturated heterocycles. The topological polar surface area (TPSA) is 167 Å². The van der Waals surface area contributed by atoms with E-state index in [1.807, 2.05) is 0 Å². The first-order valence-electron chi connectivity index (χ1n) is 7.21. The Morgan fingerprint density at radius 1 is 1.48 bits per heavy atom. The number of hydrogen-bond acceptors (Lipinski definition) is 9. The number of nitrogens with one attached hydrogen (secondary N) is 4. The van der Waals surface area contributed by atoms with Crippen molar-refractivity contribution in [2.24, 2.45) is 5.16 Å². The number of oxime groups is 1. The molecule has 0 aliphatic carbocycles. The number of alkyl carbamates (subject to hydrolysis) is 1. The number of H-pyrrole nitrogens is 1. The second-order valence-corrected chi connectivity index (χ2v) is 5.57. The van der Waals surface area contributed by atoms with E-state index in [-0.39, 0.29) is 12.5 Å². The third-order valence-electron chi connectivity index (χ3n) is 2.29. The van der Waals surface area contributed by atoms with E-state index in [0.717, 1.165) is 0 Å². The van der Waals surface area contributed by atoms with Gasteiger partial charge in [-0.3, -0.25) is 15.4 Å². The first kappa shape index (κ1) is 19.8. The van der Waals surface area contributed by atoms with Gasteiger partial charge in [-0.15, -0.1) is 5.16 Å². The first-order chi connectivity index (χ1) is 11.8. The van der Waals surface area contributed by atoms with Crippen molar-refractivity contribution >= 4 is 24.2 Å². The van der Waals surface area contributed by atoms with E-state index in [1.54, 1.807) is 20.8 Å². The highest BCUT2D eigenvalue weighted by Crippen LogP contribution is 2.07. The number of aromatic nitrogens is 4. The monoisotopic (exact) mass is 352 g/mol. The van der Waals surface area contributed by atoms with Crippen molar-refractivity contribution in [2.45, 2.75) is 32.4 Å². The highest BCUT2D eigenvalue weighted by Gasteiger charge is 2.23. The van der Waals surface area contributed by atoms with Crippen molar-refractivity contribution in [3.63, 3.8) is 0 Å². The summed E-state index contributed by atoms with van der Waals surface area (Å²) in [6.45, 7) is 5.58. The van der Waals surface area contributed by atoms with Gasteiger partial charge in [0.2, 0.25) is 5.95 Å². The Bertz CT molecular complexity index is 641. The molecule has 1 unspecified atom stereocenters. The Kier molecular flexibility index (Phi) is 7.80. The van der Waals surface area contributed by atoms with Crippen LogP contribution in [0.5, 0.6) is 0 Å². The van der Waals surface area contributed by atoms with E-state index in [2.05, 4.69) is 53.6 Å². The second-order valence-electron chi connectivity index (χ2n) is 5.57.